The van der Waals surface area contributed by atoms with Crippen molar-refractivity contribution in [1.29, 1.82) is 0 Å². The molecular weight excluding hydrogens is 366 g/mol. The van der Waals surface area contributed by atoms with Crippen LogP contribution in [0.1, 0.15) is 42.0 Å². The molecule has 3 rings (SSSR count). The molecule has 5 heteroatoms. The van der Waals surface area contributed by atoms with Crippen LogP contribution in [0.25, 0.3) is 5.65 Å². The Morgan fingerprint density at radius 3 is 2.75 bits per heavy atom. The Kier molecular flexibility index (Phi) is 5.00. The highest BCUT2D eigenvalue weighted by atomic mass is 79.9. The van der Waals surface area contributed by atoms with E-state index in [0.717, 1.165) is 46.3 Å². The van der Waals surface area contributed by atoms with E-state index in [1.807, 2.05) is 47.0 Å². The van der Waals surface area contributed by atoms with Gasteiger partial charge in [-0.15, -0.1) is 0 Å². The molecule has 0 atom stereocenters. The zero-order valence-electron chi connectivity index (χ0n) is 13.8. The third-order valence-electron chi connectivity index (χ3n) is 4.00. The van der Waals surface area contributed by atoms with E-state index in [4.69, 9.17) is 0 Å². The van der Waals surface area contributed by atoms with Gasteiger partial charge in [-0.1, -0.05) is 38.5 Å². The molecule has 0 bridgehead atoms. The molecule has 0 spiro atoms. The molecule has 0 aliphatic rings. The Morgan fingerprint density at radius 2 is 2.00 bits per heavy atom. The van der Waals surface area contributed by atoms with Crippen molar-refractivity contribution in [2.75, 3.05) is 5.32 Å². The number of aromatic nitrogens is 2. The molecular formula is C19H20BrN3O. The summed E-state index contributed by atoms with van der Waals surface area (Å²) in [6.45, 7) is 4.17. The van der Waals surface area contributed by atoms with Crippen molar-refractivity contribution >= 4 is 33.2 Å². The zero-order valence-corrected chi connectivity index (χ0v) is 15.4. The highest BCUT2D eigenvalue weighted by Crippen LogP contribution is 2.21. The van der Waals surface area contributed by atoms with Crippen LogP contribution in [-0.2, 0) is 12.8 Å². The Labute approximate surface area is 150 Å². The smallest absolute Gasteiger partial charge is 0.274 e. The Hall–Kier alpha value is -2.14. The molecule has 0 fully saturated rings. The Morgan fingerprint density at radius 1 is 1.21 bits per heavy atom. The summed E-state index contributed by atoms with van der Waals surface area (Å²) in [6.07, 6.45) is 4.48. The number of pyridine rings is 1. The van der Waals surface area contributed by atoms with Crippen molar-refractivity contribution in [3.05, 3.63) is 64.0 Å². The summed E-state index contributed by atoms with van der Waals surface area (Å²) in [5, 5.41) is 3.06. The van der Waals surface area contributed by atoms with E-state index in [-0.39, 0.29) is 5.91 Å². The minimum atomic E-state index is -0.120. The summed E-state index contributed by atoms with van der Waals surface area (Å²) in [5.41, 5.74) is 4.21. The van der Waals surface area contributed by atoms with E-state index < -0.39 is 0 Å². The fraction of sp³-hybridized carbons (Fsp3) is 0.263. The molecule has 1 amide bonds. The fourth-order valence-corrected chi connectivity index (χ4v) is 3.19. The van der Waals surface area contributed by atoms with Gasteiger partial charge in [0.25, 0.3) is 5.91 Å². The van der Waals surface area contributed by atoms with Crippen molar-refractivity contribution < 1.29 is 4.79 Å². The molecule has 4 nitrogen and oxygen atoms in total. The van der Waals surface area contributed by atoms with Crippen LogP contribution in [0.5, 0.6) is 0 Å². The van der Waals surface area contributed by atoms with E-state index in [2.05, 4.69) is 40.1 Å². The molecule has 0 saturated heterocycles. The van der Waals surface area contributed by atoms with Gasteiger partial charge in [0.15, 0.2) is 0 Å². The van der Waals surface area contributed by atoms with Crippen LogP contribution in [0.2, 0.25) is 0 Å². The number of hydrogen-bond donors (Lipinski definition) is 1. The van der Waals surface area contributed by atoms with Crippen LogP contribution in [-0.4, -0.2) is 15.3 Å². The van der Waals surface area contributed by atoms with Crippen LogP contribution in [0.4, 0.5) is 5.69 Å². The fourth-order valence-electron chi connectivity index (χ4n) is 2.85. The third kappa shape index (κ3) is 3.22. The SMILES string of the molecule is CCCc1nc2ccc(Br)cn2c1C(=O)Nc1ccccc1CC. The van der Waals surface area contributed by atoms with Gasteiger partial charge in [-0.25, -0.2) is 4.98 Å². The molecule has 1 aromatic carbocycles. The Bertz CT molecular complexity index is 885. The molecule has 124 valence electrons. The maximum Gasteiger partial charge on any atom is 0.274 e. The van der Waals surface area contributed by atoms with Gasteiger partial charge in [0, 0.05) is 16.4 Å². The van der Waals surface area contributed by atoms with Crippen molar-refractivity contribution in [1.82, 2.24) is 9.38 Å². The molecule has 2 aromatic heterocycles. The van der Waals surface area contributed by atoms with Gasteiger partial charge in [0.05, 0.1) is 5.69 Å². The lowest BCUT2D eigenvalue weighted by atomic mass is 10.1. The first-order valence-corrected chi connectivity index (χ1v) is 8.99. The number of rotatable bonds is 5. The number of imidazole rings is 1. The summed E-state index contributed by atoms with van der Waals surface area (Å²) in [5.74, 6) is -0.120. The lowest BCUT2D eigenvalue weighted by Gasteiger charge is -2.10. The van der Waals surface area contributed by atoms with E-state index in [9.17, 15) is 4.79 Å². The molecule has 0 unspecified atom stereocenters. The molecule has 0 aliphatic carbocycles. The maximum atomic E-state index is 13.0. The van der Waals surface area contributed by atoms with Crippen molar-refractivity contribution in [3.63, 3.8) is 0 Å². The van der Waals surface area contributed by atoms with Crippen LogP contribution in [0.3, 0.4) is 0 Å². The summed E-state index contributed by atoms with van der Waals surface area (Å²) >= 11 is 3.47. The second-order valence-corrected chi connectivity index (χ2v) is 6.61. The number of carbonyl (C=O) groups excluding carboxylic acids is 1. The average Bonchev–Trinajstić information content (AvgIpc) is 2.93. The standard InChI is InChI=1S/C19H20BrN3O/c1-3-7-16-18(23-12-14(20)10-11-17(23)21-16)19(24)22-15-9-6-5-8-13(15)4-2/h5-6,8-12H,3-4,7H2,1-2H3,(H,22,24). The molecule has 0 radical (unpaired) electrons. The molecule has 0 aliphatic heterocycles. The summed E-state index contributed by atoms with van der Waals surface area (Å²) in [7, 11) is 0. The first kappa shape index (κ1) is 16.7. The predicted octanol–water partition coefficient (Wildman–Crippen LogP) is 4.86. The highest BCUT2D eigenvalue weighted by molar-refractivity contribution is 9.10. The maximum absolute atomic E-state index is 13.0. The number of aryl methyl sites for hydroxylation is 2. The van der Waals surface area contributed by atoms with E-state index in [0.29, 0.717) is 5.69 Å². The predicted molar refractivity (Wildman–Crippen MR) is 101 cm³/mol. The van der Waals surface area contributed by atoms with Crippen LogP contribution >= 0.6 is 15.9 Å². The highest BCUT2D eigenvalue weighted by Gasteiger charge is 2.19. The number of nitrogens with one attached hydrogen (secondary N) is 1. The molecule has 1 N–H and O–H groups in total. The minimum absolute atomic E-state index is 0.120. The molecule has 0 saturated carbocycles. The van der Waals surface area contributed by atoms with Gasteiger partial charge < -0.3 is 5.32 Å². The topological polar surface area (TPSA) is 46.4 Å². The summed E-state index contributed by atoms with van der Waals surface area (Å²) in [4.78, 5) is 17.6. The summed E-state index contributed by atoms with van der Waals surface area (Å²) in [6, 6.07) is 11.8. The molecule has 2 heterocycles. The van der Waals surface area contributed by atoms with Crippen molar-refractivity contribution in [3.8, 4) is 0 Å². The van der Waals surface area contributed by atoms with Crippen molar-refractivity contribution in [2.45, 2.75) is 33.1 Å². The van der Waals surface area contributed by atoms with Gasteiger partial charge in [0.1, 0.15) is 11.3 Å². The van der Waals surface area contributed by atoms with Gasteiger partial charge >= 0.3 is 0 Å². The largest absolute Gasteiger partial charge is 0.320 e. The zero-order chi connectivity index (χ0) is 17.1. The number of hydrogen-bond acceptors (Lipinski definition) is 2. The second-order valence-electron chi connectivity index (χ2n) is 5.70. The average molecular weight is 386 g/mol. The number of amides is 1. The lowest BCUT2D eigenvalue weighted by molar-refractivity contribution is 0.102. The van der Waals surface area contributed by atoms with Gasteiger partial charge in [-0.2, -0.15) is 0 Å². The van der Waals surface area contributed by atoms with Gasteiger partial charge in [-0.05, 0) is 52.5 Å². The normalized spacial score (nSPS) is 11.0. The molecule has 24 heavy (non-hydrogen) atoms. The van der Waals surface area contributed by atoms with E-state index in [1.165, 1.54) is 0 Å². The monoisotopic (exact) mass is 385 g/mol. The number of nitrogens with zero attached hydrogens (tertiary/aromatic N) is 2. The second kappa shape index (κ2) is 7.18. The minimum Gasteiger partial charge on any atom is -0.320 e. The number of anilines is 1. The van der Waals surface area contributed by atoms with Crippen molar-refractivity contribution in [2.24, 2.45) is 0 Å². The number of halogens is 1. The first-order valence-electron chi connectivity index (χ1n) is 8.19. The molecule has 3 aromatic rings. The number of para-hydroxylation sites is 1. The van der Waals surface area contributed by atoms with E-state index in [1.54, 1.807) is 0 Å². The van der Waals surface area contributed by atoms with E-state index >= 15 is 0 Å². The quantitative estimate of drug-likeness (QED) is 0.681. The Balaban J connectivity index is 2.05. The number of fused-ring (bicyclic) bond motifs is 1. The van der Waals surface area contributed by atoms with Crippen LogP contribution in [0, 0.1) is 0 Å². The number of benzene rings is 1. The van der Waals surface area contributed by atoms with Crippen LogP contribution < -0.4 is 5.32 Å². The summed E-state index contributed by atoms with van der Waals surface area (Å²) < 4.78 is 2.78. The lowest BCUT2D eigenvalue weighted by Crippen LogP contribution is -2.17. The van der Waals surface area contributed by atoms with Crippen LogP contribution in [0.15, 0.2) is 47.1 Å². The first-order chi connectivity index (χ1) is 11.6. The number of carbonyl (C=O) groups is 1. The van der Waals surface area contributed by atoms with Gasteiger partial charge in [0.2, 0.25) is 0 Å². The third-order valence-corrected chi connectivity index (χ3v) is 4.47. The van der Waals surface area contributed by atoms with Gasteiger partial charge in [-0.3, -0.25) is 9.20 Å².